The highest BCUT2D eigenvalue weighted by Gasteiger charge is 2.14. The maximum atomic E-state index is 12.5. The fraction of sp³-hybridized carbons (Fsp3) is 0.174. The normalized spacial score (nSPS) is 11.2. The molecular formula is C23H23BrN2O4S. The van der Waals surface area contributed by atoms with Crippen LogP contribution in [0.25, 0.3) is 0 Å². The van der Waals surface area contributed by atoms with Gasteiger partial charge in [-0.2, -0.15) is 0 Å². The number of nitrogens with one attached hydrogen (secondary N) is 2. The molecule has 1 amide bonds. The summed E-state index contributed by atoms with van der Waals surface area (Å²) in [4.78, 5) is 12.3. The molecule has 0 spiro atoms. The van der Waals surface area contributed by atoms with E-state index in [0.29, 0.717) is 11.4 Å². The number of carbonyl (C=O) groups excluding carboxylic acids is 1. The van der Waals surface area contributed by atoms with Crippen LogP contribution in [0.1, 0.15) is 18.1 Å². The quantitative estimate of drug-likeness (QED) is 0.450. The van der Waals surface area contributed by atoms with E-state index in [1.807, 2.05) is 48.5 Å². The van der Waals surface area contributed by atoms with Gasteiger partial charge >= 0.3 is 0 Å². The Bertz CT molecular complexity index is 1130. The van der Waals surface area contributed by atoms with Crippen LogP contribution in [0.3, 0.4) is 0 Å². The topological polar surface area (TPSA) is 84.5 Å². The Labute approximate surface area is 190 Å². The average Bonchev–Trinajstić information content (AvgIpc) is 2.78. The van der Waals surface area contributed by atoms with Crippen LogP contribution in [0.4, 0.5) is 5.69 Å². The van der Waals surface area contributed by atoms with Crippen molar-refractivity contribution in [2.75, 3.05) is 11.9 Å². The van der Waals surface area contributed by atoms with Gasteiger partial charge in [0.25, 0.3) is 5.91 Å². The molecule has 0 unspecified atom stereocenters. The summed E-state index contributed by atoms with van der Waals surface area (Å²) in [5.74, 6) is 0.238. The highest BCUT2D eigenvalue weighted by Crippen LogP contribution is 2.26. The maximum absolute atomic E-state index is 12.5. The van der Waals surface area contributed by atoms with E-state index in [4.69, 9.17) is 4.74 Å². The van der Waals surface area contributed by atoms with Crippen LogP contribution in [0.15, 0.2) is 82.2 Å². The largest absolute Gasteiger partial charge is 0.483 e. The van der Waals surface area contributed by atoms with Crippen LogP contribution >= 0.6 is 15.9 Å². The Balaban J connectivity index is 1.54. The van der Waals surface area contributed by atoms with Gasteiger partial charge in [0.2, 0.25) is 10.0 Å². The third-order valence-electron chi connectivity index (χ3n) is 4.52. The van der Waals surface area contributed by atoms with Crippen molar-refractivity contribution in [3.8, 4) is 5.75 Å². The molecule has 0 heterocycles. The molecule has 3 aromatic rings. The van der Waals surface area contributed by atoms with Crippen molar-refractivity contribution >= 4 is 37.5 Å². The molecule has 0 aliphatic rings. The van der Waals surface area contributed by atoms with Crippen molar-refractivity contribution in [1.29, 1.82) is 0 Å². The Morgan fingerprint density at radius 3 is 2.32 bits per heavy atom. The lowest BCUT2D eigenvalue weighted by Crippen LogP contribution is -2.23. The van der Waals surface area contributed by atoms with E-state index >= 15 is 0 Å². The van der Waals surface area contributed by atoms with Gasteiger partial charge in [0.15, 0.2) is 6.61 Å². The van der Waals surface area contributed by atoms with E-state index in [1.54, 1.807) is 12.1 Å². The van der Waals surface area contributed by atoms with Gasteiger partial charge in [0, 0.05) is 12.2 Å². The van der Waals surface area contributed by atoms with Gasteiger partial charge < -0.3 is 10.1 Å². The highest BCUT2D eigenvalue weighted by molar-refractivity contribution is 9.10. The van der Waals surface area contributed by atoms with Gasteiger partial charge in [-0.1, -0.05) is 43.3 Å². The first-order valence-electron chi connectivity index (χ1n) is 9.72. The third-order valence-corrected chi connectivity index (χ3v) is 6.56. The number of ether oxygens (including phenoxy) is 1. The molecule has 0 bridgehead atoms. The van der Waals surface area contributed by atoms with E-state index in [1.165, 1.54) is 12.1 Å². The fourth-order valence-corrected chi connectivity index (χ4v) is 4.36. The molecule has 31 heavy (non-hydrogen) atoms. The van der Waals surface area contributed by atoms with Gasteiger partial charge in [-0.15, -0.1) is 0 Å². The molecule has 3 rings (SSSR count). The summed E-state index contributed by atoms with van der Waals surface area (Å²) in [6.45, 7) is 2.10. The van der Waals surface area contributed by atoms with Gasteiger partial charge in [-0.05, 0) is 69.9 Å². The van der Waals surface area contributed by atoms with Crippen molar-refractivity contribution < 1.29 is 17.9 Å². The summed E-state index contributed by atoms with van der Waals surface area (Å²) >= 11 is 3.44. The number of anilines is 1. The number of benzene rings is 3. The fourth-order valence-electron chi connectivity index (χ4n) is 2.80. The Hall–Kier alpha value is -2.68. The molecule has 0 atom stereocenters. The maximum Gasteiger partial charge on any atom is 0.262 e. The minimum Gasteiger partial charge on any atom is -0.483 e. The number of amides is 1. The third kappa shape index (κ3) is 6.65. The number of rotatable bonds is 9. The van der Waals surface area contributed by atoms with Gasteiger partial charge in [-0.25, -0.2) is 13.1 Å². The minimum absolute atomic E-state index is 0.123. The molecule has 6 nitrogen and oxygen atoms in total. The first-order chi connectivity index (χ1) is 14.9. The smallest absolute Gasteiger partial charge is 0.262 e. The molecule has 2 N–H and O–H groups in total. The number of sulfonamides is 1. The lowest BCUT2D eigenvalue weighted by Gasteiger charge is -2.11. The molecule has 0 saturated heterocycles. The number of aryl methyl sites for hydroxylation is 1. The molecule has 0 saturated carbocycles. The molecule has 162 valence electrons. The minimum atomic E-state index is -3.65. The first kappa shape index (κ1) is 23.0. The second-order valence-electron chi connectivity index (χ2n) is 6.79. The molecule has 3 aromatic carbocycles. The van der Waals surface area contributed by atoms with Crippen molar-refractivity contribution in [2.24, 2.45) is 0 Å². The van der Waals surface area contributed by atoms with Crippen molar-refractivity contribution in [3.05, 3.63) is 88.4 Å². The second-order valence-corrected chi connectivity index (χ2v) is 9.41. The summed E-state index contributed by atoms with van der Waals surface area (Å²) in [7, 11) is -3.65. The van der Waals surface area contributed by atoms with Gasteiger partial charge in [-0.3, -0.25) is 4.79 Å². The number of hydrogen-bond donors (Lipinski definition) is 2. The zero-order valence-electron chi connectivity index (χ0n) is 17.0. The van der Waals surface area contributed by atoms with Crippen LogP contribution in [0.5, 0.6) is 5.75 Å². The zero-order chi connectivity index (χ0) is 22.3. The lowest BCUT2D eigenvalue weighted by atomic mass is 10.2. The Morgan fingerprint density at radius 1 is 0.968 bits per heavy atom. The Kier molecular flexibility index (Phi) is 7.84. The monoisotopic (exact) mass is 502 g/mol. The summed E-state index contributed by atoms with van der Waals surface area (Å²) in [6, 6.07) is 21.0. The van der Waals surface area contributed by atoms with E-state index in [9.17, 15) is 13.2 Å². The average molecular weight is 503 g/mol. The summed E-state index contributed by atoms with van der Waals surface area (Å²) in [5, 5.41) is 2.70. The summed E-state index contributed by atoms with van der Waals surface area (Å²) in [5.41, 5.74) is 2.51. The number of hydrogen-bond acceptors (Lipinski definition) is 4. The van der Waals surface area contributed by atoms with E-state index in [-0.39, 0.29) is 24.0 Å². The molecule has 0 radical (unpaired) electrons. The zero-order valence-corrected chi connectivity index (χ0v) is 19.4. The van der Waals surface area contributed by atoms with Crippen molar-refractivity contribution in [3.63, 3.8) is 0 Å². The molecule has 0 fully saturated rings. The van der Waals surface area contributed by atoms with Crippen LogP contribution in [-0.4, -0.2) is 20.9 Å². The van der Waals surface area contributed by atoms with Crippen molar-refractivity contribution in [2.45, 2.75) is 24.8 Å². The highest BCUT2D eigenvalue weighted by atomic mass is 79.9. The second kappa shape index (κ2) is 10.6. The standard InChI is InChI=1S/C23H23BrN2O4S/c1-2-17-8-13-22(21(24)14-17)30-16-23(27)26-19-9-11-20(12-10-19)31(28,29)25-15-18-6-4-3-5-7-18/h3-14,25H,2,15-16H2,1H3,(H,26,27). The number of halogens is 1. The molecule has 8 heteroatoms. The van der Waals surface area contributed by atoms with E-state index < -0.39 is 10.0 Å². The predicted octanol–water partition coefficient (Wildman–Crippen LogP) is 4.51. The SMILES string of the molecule is CCc1ccc(OCC(=O)Nc2ccc(S(=O)(=O)NCc3ccccc3)cc2)c(Br)c1. The van der Waals surface area contributed by atoms with E-state index in [0.717, 1.165) is 22.0 Å². The summed E-state index contributed by atoms with van der Waals surface area (Å²) in [6.07, 6.45) is 0.910. The van der Waals surface area contributed by atoms with Crippen LogP contribution < -0.4 is 14.8 Å². The van der Waals surface area contributed by atoms with Crippen LogP contribution in [-0.2, 0) is 27.8 Å². The van der Waals surface area contributed by atoms with Crippen LogP contribution in [0.2, 0.25) is 0 Å². The first-order valence-corrected chi connectivity index (χ1v) is 12.0. The van der Waals surface area contributed by atoms with Crippen LogP contribution in [0, 0.1) is 0 Å². The predicted molar refractivity (Wildman–Crippen MR) is 125 cm³/mol. The van der Waals surface area contributed by atoms with Crippen molar-refractivity contribution in [1.82, 2.24) is 4.72 Å². The van der Waals surface area contributed by atoms with Gasteiger partial charge in [0.1, 0.15) is 5.75 Å². The lowest BCUT2D eigenvalue weighted by molar-refractivity contribution is -0.118. The number of carbonyl (C=O) groups is 1. The molecule has 0 aliphatic heterocycles. The van der Waals surface area contributed by atoms with Gasteiger partial charge in [0.05, 0.1) is 9.37 Å². The van der Waals surface area contributed by atoms with E-state index in [2.05, 4.69) is 32.9 Å². The molecule has 0 aromatic heterocycles. The Morgan fingerprint density at radius 2 is 1.68 bits per heavy atom. The molecular weight excluding hydrogens is 480 g/mol. The summed E-state index contributed by atoms with van der Waals surface area (Å²) < 4.78 is 33.8. The molecule has 0 aliphatic carbocycles.